The van der Waals surface area contributed by atoms with Crippen molar-refractivity contribution in [1.82, 2.24) is 9.97 Å². The molecule has 1 atom stereocenters. The predicted octanol–water partition coefficient (Wildman–Crippen LogP) is 0.999. The molecule has 0 aromatic carbocycles. The summed E-state index contributed by atoms with van der Waals surface area (Å²) in [6.45, 7) is 4.24. The van der Waals surface area contributed by atoms with Gasteiger partial charge in [-0.15, -0.1) is 0 Å². The van der Waals surface area contributed by atoms with Crippen molar-refractivity contribution in [3.05, 3.63) is 16.3 Å². The normalized spacial score (nSPS) is 11.9. The Bertz CT molecular complexity index is 412. The zero-order chi connectivity index (χ0) is 13.5. The van der Waals surface area contributed by atoms with Gasteiger partial charge in [0, 0.05) is 12.6 Å². The molecule has 0 amide bonds. The van der Waals surface area contributed by atoms with Crippen LogP contribution in [-0.4, -0.2) is 39.2 Å². The Hall–Kier alpha value is -1.96. The lowest BCUT2D eigenvalue weighted by molar-refractivity contribution is -0.384. The molecule has 0 bridgehead atoms. The molecule has 0 aliphatic carbocycles. The number of aliphatic hydroxyl groups is 1. The monoisotopic (exact) mass is 255 g/mol. The van der Waals surface area contributed by atoms with Crippen molar-refractivity contribution in [1.29, 1.82) is 0 Å². The van der Waals surface area contributed by atoms with E-state index in [-0.39, 0.29) is 24.2 Å². The van der Waals surface area contributed by atoms with Crippen molar-refractivity contribution >= 4 is 17.5 Å². The van der Waals surface area contributed by atoms with Gasteiger partial charge in [-0.25, -0.2) is 4.98 Å². The van der Waals surface area contributed by atoms with E-state index in [4.69, 9.17) is 5.11 Å². The highest BCUT2D eigenvalue weighted by Crippen LogP contribution is 2.22. The fourth-order valence-corrected chi connectivity index (χ4v) is 1.22. The molecule has 8 nitrogen and oxygen atoms in total. The number of nitro groups is 1. The van der Waals surface area contributed by atoms with Crippen LogP contribution in [0.4, 0.5) is 17.5 Å². The van der Waals surface area contributed by atoms with Gasteiger partial charge in [-0.3, -0.25) is 10.1 Å². The van der Waals surface area contributed by atoms with Crippen molar-refractivity contribution in [3.63, 3.8) is 0 Å². The number of hydrogen-bond acceptors (Lipinski definition) is 7. The summed E-state index contributed by atoms with van der Waals surface area (Å²) in [5, 5.41) is 25.5. The number of rotatable bonds is 7. The van der Waals surface area contributed by atoms with Gasteiger partial charge in [0.1, 0.15) is 6.20 Å². The Morgan fingerprint density at radius 3 is 2.89 bits per heavy atom. The second kappa shape index (κ2) is 6.70. The highest BCUT2D eigenvalue weighted by Gasteiger charge is 2.18. The van der Waals surface area contributed by atoms with Gasteiger partial charge in [-0.1, -0.05) is 6.92 Å². The smallest absolute Gasteiger partial charge is 0.329 e. The molecule has 0 fully saturated rings. The molecule has 100 valence electrons. The third kappa shape index (κ3) is 3.81. The SMILES string of the molecule is CCCNc1ncc([N+](=O)[O-])c(NC(C)CO)n1. The second-order valence-electron chi connectivity index (χ2n) is 3.84. The van der Waals surface area contributed by atoms with Gasteiger partial charge in [-0.2, -0.15) is 4.98 Å². The zero-order valence-electron chi connectivity index (χ0n) is 10.4. The van der Waals surface area contributed by atoms with Crippen LogP contribution < -0.4 is 10.6 Å². The van der Waals surface area contributed by atoms with Crippen LogP contribution in [0, 0.1) is 10.1 Å². The molecular weight excluding hydrogens is 238 g/mol. The molecule has 3 N–H and O–H groups in total. The lowest BCUT2D eigenvalue weighted by Crippen LogP contribution is -2.21. The van der Waals surface area contributed by atoms with Gasteiger partial charge >= 0.3 is 5.69 Å². The third-order valence-corrected chi connectivity index (χ3v) is 2.16. The number of anilines is 2. The van der Waals surface area contributed by atoms with Crippen molar-refractivity contribution in [3.8, 4) is 0 Å². The first kappa shape index (κ1) is 14.1. The first-order valence-corrected chi connectivity index (χ1v) is 5.71. The Balaban J connectivity index is 2.95. The third-order valence-electron chi connectivity index (χ3n) is 2.16. The summed E-state index contributed by atoms with van der Waals surface area (Å²) in [5.74, 6) is 0.435. The van der Waals surface area contributed by atoms with Crippen LogP contribution in [0.3, 0.4) is 0 Å². The molecule has 0 spiro atoms. The van der Waals surface area contributed by atoms with Crippen molar-refractivity contribution in [2.24, 2.45) is 0 Å². The van der Waals surface area contributed by atoms with E-state index < -0.39 is 4.92 Å². The fraction of sp³-hybridized carbons (Fsp3) is 0.600. The van der Waals surface area contributed by atoms with Crippen molar-refractivity contribution in [2.45, 2.75) is 26.3 Å². The van der Waals surface area contributed by atoms with E-state index in [0.717, 1.165) is 12.6 Å². The highest BCUT2D eigenvalue weighted by atomic mass is 16.6. The van der Waals surface area contributed by atoms with E-state index in [9.17, 15) is 10.1 Å². The molecule has 1 unspecified atom stereocenters. The van der Waals surface area contributed by atoms with Gasteiger partial charge in [0.2, 0.25) is 11.8 Å². The number of aromatic nitrogens is 2. The summed E-state index contributed by atoms with van der Waals surface area (Å²) >= 11 is 0. The molecule has 1 heterocycles. The topological polar surface area (TPSA) is 113 Å². The van der Waals surface area contributed by atoms with E-state index in [1.54, 1.807) is 6.92 Å². The van der Waals surface area contributed by atoms with Gasteiger partial charge in [-0.05, 0) is 13.3 Å². The molecular formula is C10H17N5O3. The van der Waals surface area contributed by atoms with Crippen LogP contribution in [0.15, 0.2) is 6.20 Å². The Morgan fingerprint density at radius 2 is 2.33 bits per heavy atom. The molecule has 0 saturated heterocycles. The van der Waals surface area contributed by atoms with Gasteiger partial charge in [0.25, 0.3) is 0 Å². The van der Waals surface area contributed by atoms with Crippen LogP contribution in [0.25, 0.3) is 0 Å². The van der Waals surface area contributed by atoms with Gasteiger partial charge in [0.05, 0.1) is 11.5 Å². The van der Waals surface area contributed by atoms with E-state index in [1.807, 2.05) is 6.92 Å². The quantitative estimate of drug-likeness (QED) is 0.492. The summed E-state index contributed by atoms with van der Waals surface area (Å²) in [4.78, 5) is 18.2. The molecule has 1 aromatic heterocycles. The van der Waals surface area contributed by atoms with Gasteiger partial charge in [0.15, 0.2) is 0 Å². The standard InChI is InChI=1S/C10H17N5O3/c1-3-4-11-10-12-5-8(15(17)18)9(14-10)13-7(2)6-16/h5,7,16H,3-4,6H2,1-2H3,(H2,11,12,13,14). The highest BCUT2D eigenvalue weighted by molar-refractivity contribution is 5.57. The molecule has 0 saturated carbocycles. The minimum Gasteiger partial charge on any atom is -0.394 e. The summed E-state index contributed by atoms with van der Waals surface area (Å²) in [5.41, 5.74) is -0.211. The average molecular weight is 255 g/mol. The molecule has 1 aromatic rings. The van der Waals surface area contributed by atoms with Crippen molar-refractivity contribution < 1.29 is 10.0 Å². The lowest BCUT2D eigenvalue weighted by atomic mass is 10.3. The Kier molecular flexibility index (Phi) is 5.25. The van der Waals surface area contributed by atoms with E-state index in [0.29, 0.717) is 12.5 Å². The molecule has 0 radical (unpaired) electrons. The summed E-state index contributed by atoms with van der Waals surface area (Å²) in [7, 11) is 0. The maximum absolute atomic E-state index is 10.8. The zero-order valence-corrected chi connectivity index (χ0v) is 10.4. The van der Waals surface area contributed by atoms with Crippen LogP contribution in [0.1, 0.15) is 20.3 Å². The minimum absolute atomic E-state index is 0.107. The first-order valence-electron chi connectivity index (χ1n) is 5.71. The number of nitrogens with one attached hydrogen (secondary N) is 2. The lowest BCUT2D eigenvalue weighted by Gasteiger charge is -2.12. The largest absolute Gasteiger partial charge is 0.394 e. The molecule has 1 rings (SSSR count). The van der Waals surface area contributed by atoms with Gasteiger partial charge < -0.3 is 15.7 Å². The molecule has 18 heavy (non-hydrogen) atoms. The predicted molar refractivity (Wildman–Crippen MR) is 67.6 cm³/mol. The Labute approximate surface area is 105 Å². The van der Waals surface area contributed by atoms with Crippen LogP contribution in [-0.2, 0) is 0 Å². The minimum atomic E-state index is -0.559. The average Bonchev–Trinajstić information content (AvgIpc) is 2.36. The summed E-state index contributed by atoms with van der Waals surface area (Å²) < 4.78 is 0. The Morgan fingerprint density at radius 1 is 1.61 bits per heavy atom. The van der Waals surface area contributed by atoms with E-state index in [2.05, 4.69) is 20.6 Å². The molecule has 8 heteroatoms. The van der Waals surface area contributed by atoms with Crippen LogP contribution >= 0.6 is 0 Å². The first-order chi connectivity index (χ1) is 8.58. The van der Waals surface area contributed by atoms with Crippen LogP contribution in [0.5, 0.6) is 0 Å². The summed E-state index contributed by atoms with van der Waals surface area (Å²) in [6.07, 6.45) is 2.05. The molecule has 0 aliphatic rings. The van der Waals surface area contributed by atoms with E-state index in [1.165, 1.54) is 0 Å². The fourth-order valence-electron chi connectivity index (χ4n) is 1.22. The maximum atomic E-state index is 10.8. The summed E-state index contributed by atoms with van der Waals surface area (Å²) in [6, 6.07) is -0.322. The van der Waals surface area contributed by atoms with Crippen molar-refractivity contribution in [2.75, 3.05) is 23.8 Å². The van der Waals surface area contributed by atoms with Crippen LogP contribution in [0.2, 0.25) is 0 Å². The number of hydrogen-bond donors (Lipinski definition) is 3. The van der Waals surface area contributed by atoms with E-state index >= 15 is 0 Å². The number of aliphatic hydroxyl groups excluding tert-OH is 1. The second-order valence-corrected chi connectivity index (χ2v) is 3.84. The molecule has 0 aliphatic heterocycles. The maximum Gasteiger partial charge on any atom is 0.329 e. The number of nitrogens with zero attached hydrogens (tertiary/aromatic N) is 3.